The van der Waals surface area contributed by atoms with Gasteiger partial charge in [-0.1, -0.05) is 24.8 Å². The van der Waals surface area contributed by atoms with E-state index in [0.717, 1.165) is 0 Å². The second-order valence-electron chi connectivity index (χ2n) is 2.88. The van der Waals surface area contributed by atoms with Crippen LogP contribution >= 0.6 is 0 Å². The Kier molecular flexibility index (Phi) is 4.29. The maximum absolute atomic E-state index is 11.6. The van der Waals surface area contributed by atoms with Crippen molar-refractivity contribution in [2.45, 2.75) is 6.92 Å². The molecule has 0 bridgehead atoms. The lowest BCUT2D eigenvalue weighted by Crippen LogP contribution is -2.24. The molecule has 0 heterocycles. The Labute approximate surface area is 89.3 Å². The lowest BCUT2D eigenvalue weighted by molar-refractivity contribution is -0.425. The fourth-order valence-corrected chi connectivity index (χ4v) is 1.07. The molecule has 1 aromatic rings. The summed E-state index contributed by atoms with van der Waals surface area (Å²) in [5, 5.41) is 0. The number of carbonyl (C=O) groups is 1. The summed E-state index contributed by atoms with van der Waals surface area (Å²) >= 11 is 0. The second kappa shape index (κ2) is 5.75. The van der Waals surface area contributed by atoms with E-state index in [1.165, 1.54) is 4.58 Å². The molecule has 0 saturated heterocycles. The summed E-state index contributed by atoms with van der Waals surface area (Å²) < 4.78 is 6.57. The number of hydrogen-bond donors (Lipinski definition) is 0. The molecule has 1 rings (SSSR count). The molecule has 1 aromatic carbocycles. The van der Waals surface area contributed by atoms with E-state index in [9.17, 15) is 4.79 Å². The molecular weight excluding hydrogens is 190 g/mol. The lowest BCUT2D eigenvalue weighted by atomic mass is 10.3. The highest BCUT2D eigenvalue weighted by molar-refractivity contribution is 5.67. The van der Waals surface area contributed by atoms with Crippen LogP contribution in [0.15, 0.2) is 43.0 Å². The number of para-hydroxylation sites is 1. The number of benzene rings is 1. The average Bonchev–Trinajstić information content (AvgIpc) is 2.27. The number of rotatable bonds is 3. The lowest BCUT2D eigenvalue weighted by Gasteiger charge is -2.00. The van der Waals surface area contributed by atoms with Gasteiger partial charge in [0.2, 0.25) is 0 Å². The minimum absolute atomic E-state index is 0.399. The van der Waals surface area contributed by atoms with E-state index >= 15 is 0 Å². The third-order valence-corrected chi connectivity index (χ3v) is 1.82. The van der Waals surface area contributed by atoms with Crippen LogP contribution in [0, 0.1) is 0 Å². The van der Waals surface area contributed by atoms with Crippen molar-refractivity contribution in [2.24, 2.45) is 0 Å². The SMILES string of the molecule is C=CC[N+](=CC)C(=O)Oc1ccccc1. The molecular formula is C12H14NO2+. The van der Waals surface area contributed by atoms with E-state index in [1.807, 2.05) is 18.2 Å². The van der Waals surface area contributed by atoms with Crippen LogP contribution < -0.4 is 4.74 Å². The fourth-order valence-electron chi connectivity index (χ4n) is 1.07. The molecule has 15 heavy (non-hydrogen) atoms. The first-order chi connectivity index (χ1) is 7.27. The highest BCUT2D eigenvalue weighted by atomic mass is 16.6. The molecule has 1 amide bonds. The molecule has 0 aromatic heterocycles. The van der Waals surface area contributed by atoms with Gasteiger partial charge in [-0.3, -0.25) is 0 Å². The van der Waals surface area contributed by atoms with Crippen LogP contribution in [-0.2, 0) is 0 Å². The zero-order valence-electron chi connectivity index (χ0n) is 8.72. The molecule has 0 atom stereocenters. The Hall–Kier alpha value is -1.90. The largest absolute Gasteiger partial charge is 0.601 e. The minimum Gasteiger partial charge on any atom is -0.373 e. The third-order valence-electron chi connectivity index (χ3n) is 1.82. The van der Waals surface area contributed by atoms with Crippen molar-refractivity contribution in [1.29, 1.82) is 0 Å². The summed E-state index contributed by atoms with van der Waals surface area (Å²) in [6.45, 7) is 5.79. The maximum Gasteiger partial charge on any atom is 0.601 e. The molecule has 0 unspecified atom stereocenters. The molecule has 0 aliphatic heterocycles. The number of carbonyl (C=O) groups excluding carboxylic acids is 1. The van der Waals surface area contributed by atoms with E-state index in [1.54, 1.807) is 31.3 Å². The Morgan fingerprint density at radius 1 is 1.47 bits per heavy atom. The van der Waals surface area contributed by atoms with E-state index in [0.29, 0.717) is 12.3 Å². The monoisotopic (exact) mass is 204 g/mol. The first-order valence-electron chi connectivity index (χ1n) is 4.71. The molecule has 3 heteroatoms. The summed E-state index contributed by atoms with van der Waals surface area (Å²) in [6.07, 6.45) is 2.91. The van der Waals surface area contributed by atoms with Gasteiger partial charge < -0.3 is 4.74 Å². The summed E-state index contributed by atoms with van der Waals surface area (Å²) in [6, 6.07) is 8.97. The second-order valence-corrected chi connectivity index (χ2v) is 2.88. The summed E-state index contributed by atoms with van der Waals surface area (Å²) in [5.41, 5.74) is 0. The van der Waals surface area contributed by atoms with Crippen LogP contribution in [0.4, 0.5) is 4.79 Å². The molecule has 0 N–H and O–H groups in total. The number of hydrogen-bond acceptors (Lipinski definition) is 2. The normalized spacial score (nSPS) is 10.9. The Morgan fingerprint density at radius 3 is 2.67 bits per heavy atom. The van der Waals surface area contributed by atoms with E-state index in [2.05, 4.69) is 6.58 Å². The molecule has 0 spiro atoms. The topological polar surface area (TPSA) is 29.3 Å². The molecule has 0 saturated carbocycles. The summed E-state index contributed by atoms with van der Waals surface area (Å²) in [7, 11) is 0. The highest BCUT2D eigenvalue weighted by Crippen LogP contribution is 2.08. The standard InChI is InChI=1S/C12H14NO2/c1-3-10-13(4-2)12(14)15-11-8-6-5-7-9-11/h3-9H,1,10H2,2H3/q+1. The maximum atomic E-state index is 11.6. The van der Waals surface area contributed by atoms with Crippen molar-refractivity contribution >= 4 is 12.3 Å². The molecule has 0 aliphatic rings. The first-order valence-corrected chi connectivity index (χ1v) is 4.71. The highest BCUT2D eigenvalue weighted by Gasteiger charge is 2.17. The number of ether oxygens (including phenoxy) is 1. The molecule has 3 nitrogen and oxygen atoms in total. The molecule has 0 radical (unpaired) electrons. The summed E-state index contributed by atoms with van der Waals surface area (Å²) in [5.74, 6) is 0.540. The van der Waals surface area contributed by atoms with Gasteiger partial charge in [-0.25, -0.2) is 0 Å². The van der Waals surface area contributed by atoms with Crippen molar-refractivity contribution in [3.8, 4) is 5.75 Å². The van der Waals surface area contributed by atoms with Crippen molar-refractivity contribution in [3.05, 3.63) is 43.0 Å². The first kappa shape index (κ1) is 11.2. The van der Waals surface area contributed by atoms with Gasteiger partial charge in [0.15, 0.2) is 6.54 Å². The van der Waals surface area contributed by atoms with Gasteiger partial charge in [0.25, 0.3) is 0 Å². The van der Waals surface area contributed by atoms with Crippen LogP contribution in [-0.4, -0.2) is 23.4 Å². The average molecular weight is 204 g/mol. The zero-order valence-corrected chi connectivity index (χ0v) is 8.72. The van der Waals surface area contributed by atoms with Crippen LogP contribution in [0.3, 0.4) is 0 Å². The molecule has 0 fully saturated rings. The van der Waals surface area contributed by atoms with Crippen molar-refractivity contribution in [2.75, 3.05) is 6.54 Å². The van der Waals surface area contributed by atoms with Crippen LogP contribution in [0.1, 0.15) is 6.92 Å². The molecule has 78 valence electrons. The van der Waals surface area contributed by atoms with Crippen LogP contribution in [0.2, 0.25) is 0 Å². The van der Waals surface area contributed by atoms with Crippen LogP contribution in [0.5, 0.6) is 5.75 Å². The number of amides is 1. The zero-order chi connectivity index (χ0) is 11.1. The van der Waals surface area contributed by atoms with Gasteiger partial charge in [-0.15, -0.1) is 4.58 Å². The van der Waals surface area contributed by atoms with Gasteiger partial charge in [0, 0.05) is 6.92 Å². The minimum atomic E-state index is -0.399. The van der Waals surface area contributed by atoms with E-state index in [4.69, 9.17) is 4.74 Å². The van der Waals surface area contributed by atoms with Crippen molar-refractivity contribution in [1.82, 2.24) is 0 Å². The Balaban J connectivity index is 2.67. The third kappa shape index (κ3) is 3.38. The van der Waals surface area contributed by atoms with E-state index in [-0.39, 0.29) is 0 Å². The van der Waals surface area contributed by atoms with Gasteiger partial charge in [0.05, 0.1) is 0 Å². The Morgan fingerprint density at radius 2 is 2.13 bits per heavy atom. The van der Waals surface area contributed by atoms with Gasteiger partial charge in [-0.2, -0.15) is 4.79 Å². The Bertz CT molecular complexity index is 368. The molecule has 0 aliphatic carbocycles. The summed E-state index contributed by atoms with van der Waals surface area (Å²) in [4.78, 5) is 11.6. The fraction of sp³-hybridized carbons (Fsp3) is 0.167. The van der Waals surface area contributed by atoms with Gasteiger partial charge in [-0.05, 0) is 18.2 Å². The predicted octanol–water partition coefficient (Wildman–Crippen LogP) is 2.47. The van der Waals surface area contributed by atoms with E-state index < -0.39 is 6.09 Å². The smallest absolute Gasteiger partial charge is 0.373 e. The quantitative estimate of drug-likeness (QED) is 0.430. The van der Waals surface area contributed by atoms with Crippen LogP contribution in [0.25, 0.3) is 0 Å². The number of nitrogens with zero attached hydrogens (tertiary/aromatic N) is 1. The predicted molar refractivity (Wildman–Crippen MR) is 59.5 cm³/mol. The van der Waals surface area contributed by atoms with Gasteiger partial charge in [0.1, 0.15) is 12.0 Å². The van der Waals surface area contributed by atoms with Crippen molar-refractivity contribution < 1.29 is 14.1 Å². The van der Waals surface area contributed by atoms with Crippen molar-refractivity contribution in [3.63, 3.8) is 0 Å². The van der Waals surface area contributed by atoms with Gasteiger partial charge >= 0.3 is 6.09 Å².